The predicted molar refractivity (Wildman–Crippen MR) is 52.1 cm³/mol. The second-order valence-electron chi connectivity index (χ2n) is 2.23. The van der Waals surface area contributed by atoms with E-state index < -0.39 is 0 Å². The maximum Gasteiger partial charge on any atom is 0.0239 e. The van der Waals surface area contributed by atoms with E-state index in [1.165, 1.54) is 19.3 Å². The smallest absolute Gasteiger partial charge is 0.0239 e. The molecule has 0 aliphatic carbocycles. The lowest BCUT2D eigenvalue weighted by Gasteiger charge is -2.03. The third-order valence-corrected chi connectivity index (χ3v) is 1.99. The van der Waals surface area contributed by atoms with E-state index in [-0.39, 0.29) is 0 Å². The molecule has 0 aromatic heterocycles. The zero-order valence-electron chi connectivity index (χ0n) is 6.02. The highest BCUT2D eigenvalue weighted by Gasteiger charge is 1.92. The van der Waals surface area contributed by atoms with Crippen LogP contribution in [0.1, 0.15) is 25.7 Å². The van der Waals surface area contributed by atoms with Gasteiger partial charge in [0.1, 0.15) is 0 Å². The molecule has 0 atom stereocenters. The number of hydrogen-bond acceptors (Lipinski definition) is 2. The number of nitrogens with two attached hydrogens (primary N) is 1. The van der Waals surface area contributed by atoms with Crippen molar-refractivity contribution in [2.75, 3.05) is 13.1 Å². The molecule has 0 aromatic rings. The van der Waals surface area contributed by atoms with Gasteiger partial charge in [-0.2, -0.15) is 2.95 Å². The zero-order chi connectivity index (χ0) is 7.82. The highest BCUT2D eigenvalue weighted by atomic mass is 79.9. The van der Waals surface area contributed by atoms with Crippen LogP contribution in [0.15, 0.2) is 0 Å². The highest BCUT2D eigenvalue weighted by molar-refractivity contribution is 9.21. The Bertz CT molecular complexity index is 68.8. The van der Waals surface area contributed by atoms with Gasteiger partial charge in [-0.1, -0.05) is 12.8 Å². The normalized spacial score (nSPS) is 10.8. The summed E-state index contributed by atoms with van der Waals surface area (Å²) in [5.41, 5.74) is 5.34. The van der Waals surface area contributed by atoms with Gasteiger partial charge in [0.05, 0.1) is 0 Å². The summed E-state index contributed by atoms with van der Waals surface area (Å²) in [6, 6.07) is 0. The largest absolute Gasteiger partial charge is 0.330 e. The van der Waals surface area contributed by atoms with Crippen LogP contribution in [0.5, 0.6) is 0 Å². The Morgan fingerprint density at radius 2 is 1.60 bits per heavy atom. The minimum Gasteiger partial charge on any atom is -0.330 e. The van der Waals surface area contributed by atoms with Crippen molar-refractivity contribution in [1.82, 2.24) is 2.95 Å². The molecule has 0 amide bonds. The van der Waals surface area contributed by atoms with E-state index in [1.807, 2.05) is 2.95 Å². The highest BCUT2D eigenvalue weighted by Crippen LogP contribution is 2.08. The molecule has 0 saturated heterocycles. The van der Waals surface area contributed by atoms with Gasteiger partial charge in [-0.05, 0) is 19.4 Å². The molecule has 0 rings (SSSR count). The van der Waals surface area contributed by atoms with Gasteiger partial charge in [0.15, 0.2) is 0 Å². The van der Waals surface area contributed by atoms with Crippen LogP contribution in [-0.2, 0) is 0 Å². The van der Waals surface area contributed by atoms with Crippen molar-refractivity contribution >= 4 is 32.3 Å². The first-order valence-corrected chi connectivity index (χ1v) is 4.98. The van der Waals surface area contributed by atoms with Gasteiger partial charge in [-0.25, -0.2) is 0 Å². The number of rotatable bonds is 6. The van der Waals surface area contributed by atoms with E-state index in [0.29, 0.717) is 0 Å². The molecular weight excluding hydrogens is 260 g/mol. The number of unbranched alkanes of at least 4 members (excludes halogenated alkanes) is 3. The van der Waals surface area contributed by atoms with E-state index in [0.717, 1.165) is 19.5 Å². The topological polar surface area (TPSA) is 29.3 Å². The molecule has 0 radical (unpaired) electrons. The van der Waals surface area contributed by atoms with Crippen LogP contribution >= 0.6 is 32.3 Å². The quantitative estimate of drug-likeness (QED) is 0.595. The van der Waals surface area contributed by atoms with Crippen LogP contribution < -0.4 is 5.73 Å². The molecule has 2 nitrogen and oxygen atoms in total. The first kappa shape index (κ1) is 10.9. The van der Waals surface area contributed by atoms with Gasteiger partial charge in [0, 0.05) is 38.8 Å². The summed E-state index contributed by atoms with van der Waals surface area (Å²) in [6.07, 6.45) is 4.90. The summed E-state index contributed by atoms with van der Waals surface area (Å²) in [6.45, 7) is 1.87. The number of halogens is 2. The molecule has 0 aliphatic rings. The van der Waals surface area contributed by atoms with Crippen molar-refractivity contribution in [2.45, 2.75) is 25.7 Å². The van der Waals surface area contributed by atoms with E-state index in [4.69, 9.17) is 5.73 Å². The molecule has 62 valence electrons. The second-order valence-corrected chi connectivity index (χ2v) is 4.89. The van der Waals surface area contributed by atoms with Gasteiger partial charge in [0.2, 0.25) is 0 Å². The summed E-state index contributed by atoms with van der Waals surface area (Å²) in [4.78, 5) is 0. The summed E-state index contributed by atoms with van der Waals surface area (Å²) < 4.78 is 1.85. The van der Waals surface area contributed by atoms with Crippen molar-refractivity contribution in [2.24, 2.45) is 5.73 Å². The lowest BCUT2D eigenvalue weighted by molar-refractivity contribution is 0.608. The molecule has 10 heavy (non-hydrogen) atoms. The fourth-order valence-electron chi connectivity index (χ4n) is 0.729. The Morgan fingerprint density at radius 1 is 1.00 bits per heavy atom. The van der Waals surface area contributed by atoms with Crippen molar-refractivity contribution in [1.29, 1.82) is 0 Å². The second kappa shape index (κ2) is 7.98. The lowest BCUT2D eigenvalue weighted by Crippen LogP contribution is -2.00. The van der Waals surface area contributed by atoms with E-state index in [9.17, 15) is 0 Å². The Hall–Kier alpha value is 0.880. The van der Waals surface area contributed by atoms with Crippen LogP contribution in [0.3, 0.4) is 0 Å². The Balaban J connectivity index is 2.77. The minimum absolute atomic E-state index is 0.826. The molecule has 2 N–H and O–H groups in total. The molecule has 0 heterocycles. The fourth-order valence-corrected chi connectivity index (χ4v) is 1.23. The van der Waals surface area contributed by atoms with E-state index in [1.54, 1.807) is 0 Å². The molecule has 0 unspecified atom stereocenters. The van der Waals surface area contributed by atoms with Gasteiger partial charge in [0.25, 0.3) is 0 Å². The average Bonchev–Trinajstić information content (AvgIpc) is 1.87. The standard InChI is InChI=1S/C6H14Br2N2/c7-10(8)6-4-2-1-3-5-9/h1-6,9H2. The van der Waals surface area contributed by atoms with Gasteiger partial charge < -0.3 is 5.73 Å². The van der Waals surface area contributed by atoms with Crippen LogP contribution in [-0.4, -0.2) is 16.0 Å². The van der Waals surface area contributed by atoms with E-state index >= 15 is 0 Å². The lowest BCUT2D eigenvalue weighted by atomic mass is 10.2. The average molecular weight is 274 g/mol. The number of nitrogens with zero attached hydrogens (tertiary/aromatic N) is 1. The van der Waals surface area contributed by atoms with Crippen molar-refractivity contribution in [3.05, 3.63) is 0 Å². The summed E-state index contributed by atoms with van der Waals surface area (Å²) in [5, 5.41) is 0. The van der Waals surface area contributed by atoms with Crippen molar-refractivity contribution < 1.29 is 0 Å². The van der Waals surface area contributed by atoms with Crippen LogP contribution in [0, 0.1) is 0 Å². The molecule has 0 aliphatic heterocycles. The van der Waals surface area contributed by atoms with Crippen molar-refractivity contribution in [3.63, 3.8) is 0 Å². The Morgan fingerprint density at radius 3 is 2.10 bits per heavy atom. The third-order valence-electron chi connectivity index (χ3n) is 1.28. The van der Waals surface area contributed by atoms with E-state index in [2.05, 4.69) is 32.3 Å². The van der Waals surface area contributed by atoms with Crippen LogP contribution in [0.4, 0.5) is 0 Å². The maximum absolute atomic E-state index is 5.34. The first-order valence-electron chi connectivity index (χ1n) is 3.56. The predicted octanol–water partition coefficient (Wildman–Crippen LogP) is 2.43. The van der Waals surface area contributed by atoms with Crippen LogP contribution in [0.25, 0.3) is 0 Å². The monoisotopic (exact) mass is 272 g/mol. The van der Waals surface area contributed by atoms with Crippen LogP contribution in [0.2, 0.25) is 0 Å². The summed E-state index contributed by atoms with van der Waals surface area (Å²) in [7, 11) is 0. The van der Waals surface area contributed by atoms with Gasteiger partial charge >= 0.3 is 0 Å². The van der Waals surface area contributed by atoms with Gasteiger partial charge in [-0.3, -0.25) is 0 Å². The van der Waals surface area contributed by atoms with Crippen molar-refractivity contribution in [3.8, 4) is 0 Å². The molecule has 0 fully saturated rings. The molecule has 0 aromatic carbocycles. The molecule has 0 spiro atoms. The molecule has 4 heteroatoms. The Labute approximate surface area is 79.8 Å². The summed E-state index contributed by atoms with van der Waals surface area (Å²) >= 11 is 6.54. The fraction of sp³-hybridized carbons (Fsp3) is 1.00. The maximum atomic E-state index is 5.34. The van der Waals surface area contributed by atoms with Gasteiger partial charge in [-0.15, -0.1) is 0 Å². The third kappa shape index (κ3) is 8.88. The summed E-state index contributed by atoms with van der Waals surface area (Å²) in [5.74, 6) is 0. The Kier molecular flexibility index (Phi) is 8.68. The molecule has 0 bridgehead atoms. The minimum atomic E-state index is 0.826. The SMILES string of the molecule is NCCCCCCN(Br)Br. The first-order chi connectivity index (χ1) is 4.77. The zero-order valence-corrected chi connectivity index (χ0v) is 9.20. The molecule has 0 saturated carbocycles. The molecular formula is C6H14Br2N2. The number of hydrogen-bond donors (Lipinski definition) is 1.